The highest BCUT2D eigenvalue weighted by Gasteiger charge is 2.34. The van der Waals surface area contributed by atoms with Crippen LogP contribution in [0.2, 0.25) is 0 Å². The summed E-state index contributed by atoms with van der Waals surface area (Å²) in [6.45, 7) is -0.456. The predicted molar refractivity (Wildman–Crippen MR) is 104 cm³/mol. The van der Waals surface area contributed by atoms with E-state index in [4.69, 9.17) is 0 Å². The average Bonchev–Trinajstić information content (AvgIpc) is 2.75. The Bertz CT molecular complexity index is 936. The summed E-state index contributed by atoms with van der Waals surface area (Å²) in [5.74, 6) is -6.32. The monoisotopic (exact) mass is 462 g/mol. The highest BCUT2D eigenvalue weighted by molar-refractivity contribution is 5.61. The Morgan fingerprint density at radius 3 is 1.84 bits per heavy atom. The van der Waals surface area contributed by atoms with Gasteiger partial charge in [0, 0.05) is 12.7 Å². The Morgan fingerprint density at radius 2 is 1.38 bits per heavy atom. The molecule has 2 nitrogen and oxygen atoms in total. The molecule has 1 aliphatic rings. The lowest BCUT2D eigenvalue weighted by Crippen LogP contribution is -2.19. The van der Waals surface area contributed by atoms with Crippen molar-refractivity contribution in [1.29, 1.82) is 0 Å². The van der Waals surface area contributed by atoms with Crippen molar-refractivity contribution in [1.82, 2.24) is 0 Å². The third kappa shape index (κ3) is 5.82. The number of ether oxygens (including phenoxy) is 2. The molecule has 1 fully saturated rings. The van der Waals surface area contributed by atoms with Gasteiger partial charge in [-0.15, -0.1) is 13.2 Å². The molecule has 9 heteroatoms. The summed E-state index contributed by atoms with van der Waals surface area (Å²) >= 11 is 0. The van der Waals surface area contributed by atoms with Crippen LogP contribution in [0.15, 0.2) is 42.2 Å². The summed E-state index contributed by atoms with van der Waals surface area (Å²) in [4.78, 5) is 0. The number of rotatable bonds is 6. The molecule has 0 aromatic heterocycles. The quantitative estimate of drug-likeness (QED) is 0.413. The maximum Gasteiger partial charge on any atom is 0.573 e. The van der Waals surface area contributed by atoms with E-state index in [0.717, 1.165) is 17.7 Å². The Morgan fingerprint density at radius 1 is 0.875 bits per heavy atom. The third-order valence-corrected chi connectivity index (χ3v) is 5.58. The number of benzene rings is 2. The maximum absolute atomic E-state index is 14.0. The first-order valence-corrected chi connectivity index (χ1v) is 9.97. The van der Waals surface area contributed by atoms with Crippen LogP contribution in [0.4, 0.5) is 30.7 Å². The van der Waals surface area contributed by atoms with Crippen LogP contribution in [0, 0.1) is 11.6 Å². The zero-order valence-corrected chi connectivity index (χ0v) is 17.1. The van der Waals surface area contributed by atoms with Crippen molar-refractivity contribution < 1.29 is 40.2 Å². The second-order valence-electron chi connectivity index (χ2n) is 7.68. The van der Waals surface area contributed by atoms with Crippen molar-refractivity contribution in [2.24, 2.45) is 0 Å². The molecule has 0 radical (unpaired) electrons. The van der Waals surface area contributed by atoms with Gasteiger partial charge in [0.25, 0.3) is 0 Å². The van der Waals surface area contributed by atoms with E-state index >= 15 is 0 Å². The van der Waals surface area contributed by atoms with E-state index in [1.165, 1.54) is 19.2 Å². The van der Waals surface area contributed by atoms with E-state index in [9.17, 15) is 30.7 Å². The van der Waals surface area contributed by atoms with Gasteiger partial charge in [-0.1, -0.05) is 24.3 Å². The van der Waals surface area contributed by atoms with E-state index in [2.05, 4.69) is 9.47 Å². The molecule has 0 heterocycles. The predicted octanol–water partition coefficient (Wildman–Crippen LogP) is 7.56. The first-order chi connectivity index (χ1) is 15.1. The molecule has 0 bridgehead atoms. The van der Waals surface area contributed by atoms with Gasteiger partial charge in [-0.05, 0) is 60.8 Å². The van der Waals surface area contributed by atoms with Crippen LogP contribution in [0.1, 0.15) is 54.2 Å². The summed E-state index contributed by atoms with van der Waals surface area (Å²) in [5, 5.41) is 0. The lowest BCUT2D eigenvalue weighted by molar-refractivity contribution is -0.276. The average molecular weight is 462 g/mol. The summed E-state index contributed by atoms with van der Waals surface area (Å²) in [6, 6.07) is 8.15. The number of alkyl halides is 3. The zero-order chi connectivity index (χ0) is 23.5. The van der Waals surface area contributed by atoms with E-state index in [1.807, 2.05) is 0 Å². The normalized spacial score (nSPS) is 20.1. The molecule has 174 valence electrons. The lowest BCUT2D eigenvalue weighted by Gasteiger charge is -2.29. The highest BCUT2D eigenvalue weighted by atomic mass is 19.4. The van der Waals surface area contributed by atoms with Gasteiger partial charge in [0.1, 0.15) is 6.61 Å². The first-order valence-electron chi connectivity index (χ1n) is 9.97. The van der Waals surface area contributed by atoms with Crippen molar-refractivity contribution in [2.45, 2.75) is 43.9 Å². The Hall–Kier alpha value is -2.55. The molecule has 0 N–H and O–H groups in total. The fraction of sp³-hybridized carbons (Fsp3) is 0.391. The zero-order valence-electron chi connectivity index (χ0n) is 17.1. The van der Waals surface area contributed by atoms with Crippen LogP contribution in [-0.4, -0.2) is 20.1 Å². The van der Waals surface area contributed by atoms with Crippen LogP contribution >= 0.6 is 0 Å². The third-order valence-electron chi connectivity index (χ3n) is 5.58. The molecule has 32 heavy (non-hydrogen) atoms. The van der Waals surface area contributed by atoms with E-state index in [-0.39, 0.29) is 23.0 Å². The minimum Gasteiger partial charge on any atom is -0.399 e. The highest BCUT2D eigenvalue weighted by Crippen LogP contribution is 2.42. The van der Waals surface area contributed by atoms with Crippen molar-refractivity contribution in [2.75, 3.05) is 13.7 Å². The molecule has 0 aliphatic heterocycles. The molecule has 0 spiro atoms. The van der Waals surface area contributed by atoms with Crippen molar-refractivity contribution >= 4 is 5.83 Å². The van der Waals surface area contributed by atoms with Gasteiger partial charge in [0.05, 0.1) is 0 Å². The van der Waals surface area contributed by atoms with E-state index in [0.29, 0.717) is 25.7 Å². The van der Waals surface area contributed by atoms with Crippen LogP contribution in [0.25, 0.3) is 5.83 Å². The molecule has 2 aromatic rings. The maximum atomic E-state index is 14.0. The van der Waals surface area contributed by atoms with Crippen molar-refractivity contribution in [3.8, 4) is 5.75 Å². The van der Waals surface area contributed by atoms with E-state index in [1.54, 1.807) is 12.1 Å². The fourth-order valence-corrected chi connectivity index (χ4v) is 4.04. The van der Waals surface area contributed by atoms with Crippen LogP contribution in [0.3, 0.4) is 0 Å². The fourth-order valence-electron chi connectivity index (χ4n) is 4.04. The number of halogens is 7. The Kier molecular flexibility index (Phi) is 7.48. The van der Waals surface area contributed by atoms with E-state index < -0.39 is 42.0 Å². The Labute approximate surface area is 180 Å². The SMILES string of the molecule is COCC(F)=C(F)c1ccc(C2CCC(c3cc(F)c(OC(F)(F)F)c(F)c3)CC2)cc1. The molecular formula is C23H21F7O2. The minimum atomic E-state index is -5.19. The smallest absolute Gasteiger partial charge is 0.399 e. The number of hydrogen-bond donors (Lipinski definition) is 0. The molecule has 2 aromatic carbocycles. The molecule has 0 atom stereocenters. The van der Waals surface area contributed by atoms with Gasteiger partial charge < -0.3 is 9.47 Å². The van der Waals surface area contributed by atoms with Gasteiger partial charge in [0.15, 0.2) is 23.3 Å². The minimum absolute atomic E-state index is 0.101. The molecular weight excluding hydrogens is 441 g/mol. The number of hydrogen-bond acceptors (Lipinski definition) is 2. The topological polar surface area (TPSA) is 18.5 Å². The molecule has 0 unspecified atom stereocenters. The number of methoxy groups -OCH3 is 1. The van der Waals surface area contributed by atoms with Gasteiger partial charge >= 0.3 is 6.36 Å². The molecule has 0 amide bonds. The van der Waals surface area contributed by atoms with Crippen molar-refractivity contribution in [3.63, 3.8) is 0 Å². The summed E-state index contributed by atoms with van der Waals surface area (Å²) in [7, 11) is 1.26. The van der Waals surface area contributed by atoms with Gasteiger partial charge in [0.2, 0.25) is 5.75 Å². The largest absolute Gasteiger partial charge is 0.573 e. The second-order valence-corrected chi connectivity index (χ2v) is 7.68. The summed E-state index contributed by atoms with van der Waals surface area (Å²) in [6.07, 6.45) is -2.71. The summed E-state index contributed by atoms with van der Waals surface area (Å²) < 4.78 is 101. The van der Waals surface area contributed by atoms with Gasteiger partial charge in [-0.25, -0.2) is 17.6 Å². The molecule has 1 saturated carbocycles. The molecule has 3 rings (SSSR count). The standard InChI is InChI=1S/C23H21F7O2/c1-31-12-20(26)21(27)16-8-6-14(7-9-16)13-2-4-15(5-3-13)17-10-18(24)22(19(25)11-17)32-23(28,29)30/h6-11,13,15H,2-5,12H2,1H3. The molecule has 0 saturated heterocycles. The molecule has 1 aliphatic carbocycles. The Balaban J connectivity index is 1.66. The van der Waals surface area contributed by atoms with Gasteiger partial charge in [-0.3, -0.25) is 0 Å². The lowest BCUT2D eigenvalue weighted by atomic mass is 9.76. The first kappa shape index (κ1) is 24.1. The van der Waals surface area contributed by atoms with Gasteiger partial charge in [-0.2, -0.15) is 0 Å². The second kappa shape index (κ2) is 9.94. The van der Waals surface area contributed by atoms with Crippen LogP contribution < -0.4 is 4.74 Å². The van der Waals surface area contributed by atoms with Crippen LogP contribution in [0.5, 0.6) is 5.75 Å². The summed E-state index contributed by atoms with van der Waals surface area (Å²) in [5.41, 5.74) is 1.31. The van der Waals surface area contributed by atoms with Crippen molar-refractivity contribution in [3.05, 3.63) is 70.5 Å². The van der Waals surface area contributed by atoms with Crippen LogP contribution in [-0.2, 0) is 4.74 Å².